The molecule has 8 nitrogen and oxygen atoms in total. The van der Waals surface area contributed by atoms with E-state index in [0.29, 0.717) is 5.96 Å². The van der Waals surface area contributed by atoms with Crippen molar-refractivity contribution in [3.8, 4) is 0 Å². The van der Waals surface area contributed by atoms with Crippen molar-refractivity contribution in [2.24, 2.45) is 12.0 Å². The monoisotopic (exact) mass is 533 g/mol. The predicted octanol–water partition coefficient (Wildman–Crippen LogP) is 2.10. The Balaban J connectivity index is 0.00000300. The topological polar surface area (TPSA) is 90.6 Å². The van der Waals surface area contributed by atoms with E-state index in [9.17, 15) is 5.11 Å². The maximum absolute atomic E-state index is 10.7. The normalized spacial score (nSPS) is 16.4. The molecule has 1 aliphatic heterocycles. The van der Waals surface area contributed by atoms with Crippen molar-refractivity contribution in [3.63, 3.8) is 0 Å². The molecule has 1 saturated heterocycles. The fourth-order valence-electron chi connectivity index (χ4n) is 3.14. The number of aromatic nitrogens is 3. The number of hydrogen-bond donors (Lipinski definition) is 3. The lowest BCUT2D eigenvalue weighted by molar-refractivity contribution is 0.0672. The Labute approximate surface area is 193 Å². The van der Waals surface area contributed by atoms with Gasteiger partial charge in [0, 0.05) is 56.8 Å². The van der Waals surface area contributed by atoms with E-state index in [4.69, 9.17) is 4.98 Å². The minimum Gasteiger partial charge on any atom is -0.383 e. The molecule has 0 aromatic carbocycles. The van der Waals surface area contributed by atoms with E-state index < -0.39 is 5.60 Å². The molecule has 1 atom stereocenters. The highest BCUT2D eigenvalue weighted by Crippen LogP contribution is 2.24. The van der Waals surface area contributed by atoms with Gasteiger partial charge in [-0.2, -0.15) is 5.10 Å². The Morgan fingerprint density at radius 1 is 1.34 bits per heavy atom. The highest BCUT2D eigenvalue weighted by atomic mass is 127. The molecule has 0 amide bonds. The molecule has 3 heterocycles. The summed E-state index contributed by atoms with van der Waals surface area (Å²) in [5, 5.41) is 24.7. The van der Waals surface area contributed by atoms with Crippen LogP contribution in [0.5, 0.6) is 0 Å². The number of aryl methyl sites for hydroxylation is 1. The van der Waals surface area contributed by atoms with Crippen LogP contribution in [0.15, 0.2) is 22.8 Å². The molecule has 0 radical (unpaired) electrons. The molecular formula is C19H32IN7OS. The predicted molar refractivity (Wildman–Crippen MR) is 129 cm³/mol. The maximum Gasteiger partial charge on any atom is 0.191 e. The van der Waals surface area contributed by atoms with Gasteiger partial charge in [-0.1, -0.05) is 0 Å². The third-order valence-electron chi connectivity index (χ3n) is 4.81. The summed E-state index contributed by atoms with van der Waals surface area (Å²) in [5.41, 5.74) is 0.806. The maximum atomic E-state index is 10.7. The van der Waals surface area contributed by atoms with E-state index in [1.165, 1.54) is 12.8 Å². The molecular weight excluding hydrogens is 501 g/mol. The van der Waals surface area contributed by atoms with Crippen LogP contribution in [-0.2, 0) is 19.1 Å². The van der Waals surface area contributed by atoms with Gasteiger partial charge in [0.25, 0.3) is 0 Å². The van der Waals surface area contributed by atoms with Crippen LogP contribution < -0.4 is 15.5 Å². The van der Waals surface area contributed by atoms with Crippen molar-refractivity contribution in [3.05, 3.63) is 29.0 Å². The first-order valence-corrected chi connectivity index (χ1v) is 10.8. The first-order valence-electron chi connectivity index (χ1n) is 9.91. The Hall–Kier alpha value is -1.40. The molecule has 29 heavy (non-hydrogen) atoms. The van der Waals surface area contributed by atoms with Crippen molar-refractivity contribution in [1.29, 1.82) is 0 Å². The first-order chi connectivity index (χ1) is 13.5. The summed E-state index contributed by atoms with van der Waals surface area (Å²) < 4.78 is 1.68. The van der Waals surface area contributed by atoms with Gasteiger partial charge >= 0.3 is 0 Å². The molecule has 3 rings (SSSR count). The van der Waals surface area contributed by atoms with Gasteiger partial charge in [-0.15, -0.1) is 35.3 Å². The molecule has 1 aliphatic rings. The highest BCUT2D eigenvalue weighted by Gasteiger charge is 2.24. The zero-order valence-corrected chi connectivity index (χ0v) is 20.5. The summed E-state index contributed by atoms with van der Waals surface area (Å²) in [6.45, 7) is 7.79. The van der Waals surface area contributed by atoms with Crippen LogP contribution >= 0.6 is 35.3 Å². The summed E-state index contributed by atoms with van der Waals surface area (Å²) >= 11 is 1.73. The van der Waals surface area contributed by atoms with Crippen LogP contribution in [0.2, 0.25) is 0 Å². The van der Waals surface area contributed by atoms with Crippen LogP contribution in [-0.4, -0.2) is 58.6 Å². The van der Waals surface area contributed by atoms with Gasteiger partial charge in [0.2, 0.25) is 0 Å². The number of nitrogens with one attached hydrogen (secondary N) is 2. The van der Waals surface area contributed by atoms with E-state index in [1.807, 2.05) is 20.2 Å². The van der Waals surface area contributed by atoms with Gasteiger partial charge in [-0.3, -0.25) is 4.68 Å². The smallest absolute Gasteiger partial charge is 0.191 e. The van der Waals surface area contributed by atoms with Gasteiger partial charge < -0.3 is 20.6 Å². The SMILES string of the molecule is CCNC(=NCC(C)(O)c1cnn(C)c1)NCCc1csc(N2CCCC2)n1.I. The van der Waals surface area contributed by atoms with Crippen molar-refractivity contribution in [1.82, 2.24) is 25.4 Å². The summed E-state index contributed by atoms with van der Waals surface area (Å²) in [4.78, 5) is 11.7. The Bertz CT molecular complexity index is 783. The molecule has 0 bridgehead atoms. The van der Waals surface area contributed by atoms with Crippen molar-refractivity contribution >= 4 is 46.4 Å². The Morgan fingerprint density at radius 2 is 2.10 bits per heavy atom. The van der Waals surface area contributed by atoms with E-state index >= 15 is 0 Å². The third-order valence-corrected chi connectivity index (χ3v) is 5.76. The van der Waals surface area contributed by atoms with Crippen LogP contribution in [0.1, 0.15) is 37.9 Å². The summed E-state index contributed by atoms with van der Waals surface area (Å²) in [7, 11) is 1.84. The van der Waals surface area contributed by atoms with E-state index in [-0.39, 0.29) is 30.5 Å². The van der Waals surface area contributed by atoms with Gasteiger partial charge in [0.05, 0.1) is 18.4 Å². The largest absolute Gasteiger partial charge is 0.383 e. The summed E-state index contributed by atoms with van der Waals surface area (Å²) in [6, 6.07) is 0. The summed E-state index contributed by atoms with van der Waals surface area (Å²) in [5.74, 6) is 0.696. The molecule has 1 fully saturated rings. The van der Waals surface area contributed by atoms with Crippen LogP contribution in [0.4, 0.5) is 5.13 Å². The lowest BCUT2D eigenvalue weighted by Crippen LogP contribution is -2.39. The Morgan fingerprint density at radius 3 is 2.76 bits per heavy atom. The molecule has 3 N–H and O–H groups in total. The number of nitrogens with zero attached hydrogens (tertiary/aromatic N) is 5. The lowest BCUT2D eigenvalue weighted by Gasteiger charge is -2.20. The van der Waals surface area contributed by atoms with E-state index in [2.05, 4.69) is 31.0 Å². The molecule has 10 heteroatoms. The zero-order valence-electron chi connectivity index (χ0n) is 17.4. The minimum absolute atomic E-state index is 0. The number of anilines is 1. The number of thiazole rings is 1. The number of aliphatic hydroxyl groups is 1. The van der Waals surface area contributed by atoms with Crippen molar-refractivity contribution in [2.45, 2.75) is 38.7 Å². The molecule has 2 aromatic rings. The number of aliphatic imine (C=N–C) groups is 1. The lowest BCUT2D eigenvalue weighted by atomic mass is 10.0. The first kappa shape index (κ1) is 23.9. The number of rotatable bonds is 8. The number of hydrogen-bond acceptors (Lipinski definition) is 6. The molecule has 2 aromatic heterocycles. The second-order valence-corrected chi connectivity index (χ2v) is 8.20. The van der Waals surface area contributed by atoms with Gasteiger partial charge in [0.15, 0.2) is 11.1 Å². The molecule has 0 spiro atoms. The minimum atomic E-state index is -1.06. The number of guanidine groups is 1. The summed E-state index contributed by atoms with van der Waals surface area (Å²) in [6.07, 6.45) is 6.86. The standard InChI is InChI=1S/C19H31N7OS.HI/c1-4-20-17(22-14-19(2,27)15-11-23-25(3)12-15)21-8-7-16-13-28-18(24-16)26-9-5-6-10-26;/h11-13,27H,4-10,14H2,1-3H3,(H2,20,21,22);1H. The van der Waals surface area contributed by atoms with Gasteiger partial charge in [0.1, 0.15) is 5.60 Å². The van der Waals surface area contributed by atoms with Crippen molar-refractivity contribution in [2.75, 3.05) is 37.6 Å². The fourth-order valence-corrected chi connectivity index (χ4v) is 4.05. The molecule has 0 aliphatic carbocycles. The second kappa shape index (κ2) is 11.1. The molecule has 0 saturated carbocycles. The quantitative estimate of drug-likeness (QED) is 0.274. The van der Waals surface area contributed by atoms with Crippen LogP contribution in [0, 0.1) is 0 Å². The van der Waals surface area contributed by atoms with Crippen LogP contribution in [0.3, 0.4) is 0 Å². The van der Waals surface area contributed by atoms with Crippen molar-refractivity contribution < 1.29 is 5.11 Å². The van der Waals surface area contributed by atoms with Crippen LogP contribution in [0.25, 0.3) is 0 Å². The average Bonchev–Trinajstić information content (AvgIpc) is 3.41. The number of halogens is 1. The average molecular weight is 533 g/mol. The highest BCUT2D eigenvalue weighted by molar-refractivity contribution is 14.0. The van der Waals surface area contributed by atoms with E-state index in [1.54, 1.807) is 29.1 Å². The third kappa shape index (κ3) is 6.82. The molecule has 162 valence electrons. The van der Waals surface area contributed by atoms with Gasteiger partial charge in [-0.05, 0) is 26.7 Å². The molecule has 1 unspecified atom stereocenters. The van der Waals surface area contributed by atoms with E-state index in [0.717, 1.165) is 49.0 Å². The Kier molecular flexibility index (Phi) is 9.15. The fraction of sp³-hybridized carbons (Fsp3) is 0.632. The zero-order chi connectivity index (χ0) is 20.0. The second-order valence-electron chi connectivity index (χ2n) is 7.36. The van der Waals surface area contributed by atoms with Gasteiger partial charge in [-0.25, -0.2) is 9.98 Å².